The van der Waals surface area contributed by atoms with E-state index in [4.69, 9.17) is 9.84 Å². The average molecular weight is 220 g/mol. The summed E-state index contributed by atoms with van der Waals surface area (Å²) in [5, 5.41) is 9.14. The number of aromatic nitrogens is 2. The molecule has 2 fully saturated rings. The van der Waals surface area contributed by atoms with Crippen LogP contribution in [-0.4, -0.2) is 27.3 Å². The standard InChI is InChI=1S/C12H16N2O2/c1-7-4-8(6-15)14-12(13-7)10-5-9-2-3-11(10)16-9/h4,9-11,15H,2-3,5-6H2,1H3. The topological polar surface area (TPSA) is 55.2 Å². The van der Waals surface area contributed by atoms with Crippen LogP contribution in [0.25, 0.3) is 0 Å². The summed E-state index contributed by atoms with van der Waals surface area (Å²) in [6.07, 6.45) is 4.06. The Morgan fingerprint density at radius 1 is 1.44 bits per heavy atom. The lowest BCUT2D eigenvalue weighted by molar-refractivity contribution is 0.0998. The number of fused-ring (bicyclic) bond motifs is 2. The van der Waals surface area contributed by atoms with E-state index in [1.165, 1.54) is 6.42 Å². The number of hydrogen-bond acceptors (Lipinski definition) is 4. The lowest BCUT2D eigenvalue weighted by Gasteiger charge is -2.17. The van der Waals surface area contributed by atoms with E-state index in [1.54, 1.807) is 0 Å². The summed E-state index contributed by atoms with van der Waals surface area (Å²) in [7, 11) is 0. The lowest BCUT2D eigenvalue weighted by atomic mass is 9.88. The van der Waals surface area contributed by atoms with Gasteiger partial charge in [-0.15, -0.1) is 0 Å². The van der Waals surface area contributed by atoms with Crippen LogP contribution in [0.3, 0.4) is 0 Å². The Balaban J connectivity index is 1.91. The number of rotatable bonds is 2. The predicted octanol–water partition coefficient (Wildman–Crippen LogP) is 1.31. The fraction of sp³-hybridized carbons (Fsp3) is 0.667. The molecule has 0 aliphatic carbocycles. The van der Waals surface area contributed by atoms with E-state index >= 15 is 0 Å². The van der Waals surface area contributed by atoms with Gasteiger partial charge in [0.25, 0.3) is 0 Å². The van der Waals surface area contributed by atoms with E-state index in [0.29, 0.717) is 23.8 Å². The van der Waals surface area contributed by atoms with Gasteiger partial charge in [0, 0.05) is 11.6 Å². The van der Waals surface area contributed by atoms with Crippen LogP contribution in [0.1, 0.15) is 42.4 Å². The summed E-state index contributed by atoms with van der Waals surface area (Å²) >= 11 is 0. The van der Waals surface area contributed by atoms with Crippen molar-refractivity contribution in [2.45, 2.75) is 50.9 Å². The summed E-state index contributed by atoms with van der Waals surface area (Å²) in [5.74, 6) is 1.19. The van der Waals surface area contributed by atoms with E-state index in [-0.39, 0.29) is 6.61 Å². The van der Waals surface area contributed by atoms with Gasteiger partial charge in [-0.25, -0.2) is 9.97 Å². The molecule has 0 saturated carbocycles. The summed E-state index contributed by atoms with van der Waals surface area (Å²) in [5.41, 5.74) is 1.64. The SMILES string of the molecule is Cc1cc(CO)nc(C2CC3CCC2O3)n1. The Kier molecular flexibility index (Phi) is 2.41. The molecule has 0 amide bonds. The summed E-state index contributed by atoms with van der Waals surface area (Å²) < 4.78 is 5.81. The smallest absolute Gasteiger partial charge is 0.134 e. The third-order valence-electron chi connectivity index (χ3n) is 3.52. The highest BCUT2D eigenvalue weighted by molar-refractivity contribution is 5.15. The van der Waals surface area contributed by atoms with Gasteiger partial charge in [0.2, 0.25) is 0 Å². The fourth-order valence-electron chi connectivity index (χ4n) is 2.81. The summed E-state index contributed by atoms with van der Waals surface area (Å²) in [6, 6.07) is 1.83. The van der Waals surface area contributed by atoms with Gasteiger partial charge in [-0.1, -0.05) is 0 Å². The molecule has 4 heteroatoms. The largest absolute Gasteiger partial charge is 0.390 e. The molecule has 3 rings (SSSR count). The molecule has 3 heterocycles. The molecule has 4 nitrogen and oxygen atoms in total. The van der Waals surface area contributed by atoms with Crippen molar-refractivity contribution in [1.29, 1.82) is 0 Å². The molecule has 0 spiro atoms. The Labute approximate surface area is 94.7 Å². The molecule has 2 saturated heterocycles. The monoisotopic (exact) mass is 220 g/mol. The van der Waals surface area contributed by atoms with Gasteiger partial charge in [0.05, 0.1) is 24.5 Å². The second-order valence-electron chi connectivity index (χ2n) is 4.73. The van der Waals surface area contributed by atoms with E-state index in [1.807, 2.05) is 13.0 Å². The van der Waals surface area contributed by atoms with Gasteiger partial charge in [-0.3, -0.25) is 0 Å². The molecule has 1 N–H and O–H groups in total. The van der Waals surface area contributed by atoms with E-state index in [9.17, 15) is 0 Å². The number of ether oxygens (including phenoxy) is 1. The first-order valence-electron chi connectivity index (χ1n) is 5.87. The first-order chi connectivity index (χ1) is 7.76. The van der Waals surface area contributed by atoms with Gasteiger partial charge in [-0.2, -0.15) is 0 Å². The highest BCUT2D eigenvalue weighted by Gasteiger charge is 2.42. The minimum Gasteiger partial charge on any atom is -0.390 e. The molecule has 2 aliphatic rings. The van der Waals surface area contributed by atoms with Crippen LogP contribution in [0, 0.1) is 6.92 Å². The first-order valence-corrected chi connectivity index (χ1v) is 5.87. The van der Waals surface area contributed by atoms with Gasteiger partial charge in [0.1, 0.15) is 5.82 Å². The molecule has 0 aromatic carbocycles. The number of aliphatic hydroxyl groups excluding tert-OH is 1. The highest BCUT2D eigenvalue weighted by atomic mass is 16.5. The van der Waals surface area contributed by atoms with E-state index in [0.717, 1.165) is 24.4 Å². The first kappa shape index (κ1) is 10.2. The molecular formula is C12H16N2O2. The molecule has 0 radical (unpaired) electrons. The van der Waals surface area contributed by atoms with Crippen molar-refractivity contribution >= 4 is 0 Å². The van der Waals surface area contributed by atoms with Crippen LogP contribution in [-0.2, 0) is 11.3 Å². The van der Waals surface area contributed by atoms with E-state index in [2.05, 4.69) is 9.97 Å². The fourth-order valence-corrected chi connectivity index (χ4v) is 2.81. The van der Waals surface area contributed by atoms with Crippen molar-refractivity contribution in [2.75, 3.05) is 0 Å². The van der Waals surface area contributed by atoms with Gasteiger partial charge in [0.15, 0.2) is 0 Å². The Hall–Kier alpha value is -1.00. The highest BCUT2D eigenvalue weighted by Crippen LogP contribution is 2.43. The number of aryl methyl sites for hydroxylation is 1. The van der Waals surface area contributed by atoms with Crippen molar-refractivity contribution in [3.63, 3.8) is 0 Å². The predicted molar refractivity (Wildman–Crippen MR) is 57.9 cm³/mol. The zero-order valence-corrected chi connectivity index (χ0v) is 9.39. The normalized spacial score (nSPS) is 32.2. The van der Waals surface area contributed by atoms with Crippen molar-refractivity contribution in [3.8, 4) is 0 Å². The van der Waals surface area contributed by atoms with Crippen LogP contribution >= 0.6 is 0 Å². The van der Waals surface area contributed by atoms with Crippen LogP contribution in [0.5, 0.6) is 0 Å². The second kappa shape index (κ2) is 3.79. The molecular weight excluding hydrogens is 204 g/mol. The maximum absolute atomic E-state index is 9.14. The molecule has 2 bridgehead atoms. The molecule has 3 unspecified atom stereocenters. The number of nitrogens with zero attached hydrogens (tertiary/aromatic N) is 2. The second-order valence-corrected chi connectivity index (χ2v) is 4.73. The average Bonchev–Trinajstić information content (AvgIpc) is 2.89. The van der Waals surface area contributed by atoms with Crippen molar-refractivity contribution < 1.29 is 9.84 Å². The summed E-state index contributed by atoms with van der Waals surface area (Å²) in [4.78, 5) is 8.89. The van der Waals surface area contributed by atoms with Gasteiger partial charge < -0.3 is 9.84 Å². The molecule has 1 aromatic rings. The zero-order chi connectivity index (χ0) is 11.1. The third kappa shape index (κ3) is 1.62. The van der Waals surface area contributed by atoms with Crippen LogP contribution in [0.15, 0.2) is 6.07 Å². The van der Waals surface area contributed by atoms with Crippen molar-refractivity contribution in [1.82, 2.24) is 9.97 Å². The minimum absolute atomic E-state index is 0.0158. The van der Waals surface area contributed by atoms with Crippen molar-refractivity contribution in [3.05, 3.63) is 23.3 Å². The maximum atomic E-state index is 9.14. The molecule has 1 aromatic heterocycles. The third-order valence-corrected chi connectivity index (χ3v) is 3.52. The molecule has 2 aliphatic heterocycles. The number of aliphatic hydroxyl groups is 1. The quantitative estimate of drug-likeness (QED) is 0.816. The number of hydrogen-bond donors (Lipinski definition) is 1. The minimum atomic E-state index is -0.0158. The molecule has 3 atom stereocenters. The van der Waals surface area contributed by atoms with Crippen molar-refractivity contribution in [2.24, 2.45) is 0 Å². The molecule has 16 heavy (non-hydrogen) atoms. The van der Waals surface area contributed by atoms with Crippen LogP contribution in [0.2, 0.25) is 0 Å². The van der Waals surface area contributed by atoms with Gasteiger partial charge in [-0.05, 0) is 32.3 Å². The molecule has 86 valence electrons. The maximum Gasteiger partial charge on any atom is 0.134 e. The van der Waals surface area contributed by atoms with Gasteiger partial charge >= 0.3 is 0 Å². The Bertz CT molecular complexity index is 408. The van der Waals surface area contributed by atoms with E-state index < -0.39 is 0 Å². The Morgan fingerprint density at radius 3 is 2.94 bits per heavy atom. The lowest BCUT2D eigenvalue weighted by Crippen LogP contribution is -2.18. The summed E-state index contributed by atoms with van der Waals surface area (Å²) in [6.45, 7) is 1.93. The van der Waals surface area contributed by atoms with Crippen LogP contribution in [0.4, 0.5) is 0 Å². The Morgan fingerprint density at radius 2 is 2.31 bits per heavy atom. The zero-order valence-electron chi connectivity index (χ0n) is 9.39. The van der Waals surface area contributed by atoms with Crippen LogP contribution < -0.4 is 0 Å².